The Morgan fingerprint density at radius 2 is 1.90 bits per heavy atom. The summed E-state index contributed by atoms with van der Waals surface area (Å²) in [7, 11) is 0. The number of benzene rings is 1. The molecule has 6 nitrogen and oxygen atoms in total. The van der Waals surface area contributed by atoms with Crippen molar-refractivity contribution in [1.82, 2.24) is 4.57 Å². The van der Waals surface area contributed by atoms with Crippen LogP contribution in [0.2, 0.25) is 0 Å². The Labute approximate surface area is 181 Å². The number of pyridine rings is 1. The summed E-state index contributed by atoms with van der Waals surface area (Å²) in [5.41, 5.74) is 1.82. The number of furan rings is 1. The van der Waals surface area contributed by atoms with E-state index < -0.39 is 17.2 Å². The lowest BCUT2D eigenvalue weighted by Gasteiger charge is -2.15. The number of nitrogens with zero attached hydrogens (tertiary/aromatic N) is 2. The minimum Gasteiger partial charge on any atom is -0.494 e. The minimum atomic E-state index is -0.570. The van der Waals surface area contributed by atoms with Crippen LogP contribution >= 0.6 is 0 Å². The first-order valence-corrected chi connectivity index (χ1v) is 10.8. The molecular weight excluding hydrogens is 392 g/mol. The topological polar surface area (TPSA) is 96.2 Å². The van der Waals surface area contributed by atoms with Gasteiger partial charge in [0.2, 0.25) is 11.7 Å². The molecule has 1 aromatic carbocycles. The second-order valence-electron chi connectivity index (χ2n) is 7.90. The van der Waals surface area contributed by atoms with Crippen molar-refractivity contribution >= 4 is 16.8 Å². The zero-order valence-corrected chi connectivity index (χ0v) is 18.5. The highest BCUT2D eigenvalue weighted by Crippen LogP contribution is 2.31. The zero-order chi connectivity index (χ0) is 22.7. The molecule has 0 saturated carbocycles. The Balaban J connectivity index is 2.14. The molecule has 2 aromatic heterocycles. The molecule has 3 aromatic rings. The number of fused-ring (bicyclic) bond motifs is 1. The van der Waals surface area contributed by atoms with Crippen molar-refractivity contribution in [3.8, 4) is 11.9 Å². The first kappa shape index (κ1) is 22.4. The molecule has 0 bridgehead atoms. The molecule has 31 heavy (non-hydrogen) atoms. The van der Waals surface area contributed by atoms with Gasteiger partial charge in [-0.2, -0.15) is 5.26 Å². The van der Waals surface area contributed by atoms with E-state index in [-0.39, 0.29) is 29.0 Å². The molecule has 0 aliphatic heterocycles. The van der Waals surface area contributed by atoms with Gasteiger partial charge in [0, 0.05) is 17.5 Å². The van der Waals surface area contributed by atoms with Crippen molar-refractivity contribution in [3.63, 3.8) is 0 Å². The summed E-state index contributed by atoms with van der Waals surface area (Å²) in [6, 6.07) is 7.69. The van der Waals surface area contributed by atoms with Crippen LogP contribution in [0.4, 0.5) is 0 Å². The van der Waals surface area contributed by atoms with Crippen molar-refractivity contribution in [3.05, 3.63) is 62.1 Å². The summed E-state index contributed by atoms with van der Waals surface area (Å²) < 4.78 is 6.99. The third kappa shape index (κ3) is 4.00. The first-order chi connectivity index (χ1) is 14.8. The van der Waals surface area contributed by atoms with Gasteiger partial charge in [0.15, 0.2) is 5.76 Å². The van der Waals surface area contributed by atoms with Gasteiger partial charge in [0.25, 0.3) is 5.56 Å². The molecule has 0 aliphatic rings. The van der Waals surface area contributed by atoms with Crippen LogP contribution in [0.25, 0.3) is 11.0 Å². The number of carbonyl (C=O) groups is 1. The Bertz CT molecular complexity index is 1240. The van der Waals surface area contributed by atoms with Crippen LogP contribution in [0.5, 0.6) is 5.88 Å². The van der Waals surface area contributed by atoms with Crippen molar-refractivity contribution in [2.24, 2.45) is 0 Å². The quantitative estimate of drug-likeness (QED) is 0.401. The highest BCUT2D eigenvalue weighted by molar-refractivity contribution is 6.12. The van der Waals surface area contributed by atoms with E-state index >= 15 is 0 Å². The summed E-state index contributed by atoms with van der Waals surface area (Å²) in [6.07, 6.45) is 4.47. The molecule has 1 N–H and O–H groups in total. The maximum atomic E-state index is 13.5. The standard InChI is InChI=1S/C25H28N2O4/c1-5-7-8-9-12-27-24(29)19(14-26)15(3)21(25(27)30)22(28)23-16(4)18-13-17(6-2)10-11-20(18)31-23/h10-11,13,30H,5-9,12H2,1-4H3. The molecule has 0 aliphatic carbocycles. The average molecular weight is 421 g/mol. The largest absolute Gasteiger partial charge is 0.494 e. The monoisotopic (exact) mass is 420 g/mol. The molecule has 162 valence electrons. The number of ketones is 1. The normalized spacial score (nSPS) is 11.1. The lowest BCUT2D eigenvalue weighted by atomic mass is 9.98. The van der Waals surface area contributed by atoms with Gasteiger partial charge in [-0.05, 0) is 49.9 Å². The molecule has 0 amide bonds. The molecule has 6 heteroatoms. The van der Waals surface area contributed by atoms with Crippen LogP contribution < -0.4 is 5.56 Å². The second kappa shape index (κ2) is 9.22. The van der Waals surface area contributed by atoms with Crippen molar-refractivity contribution < 1.29 is 14.3 Å². The molecule has 0 saturated heterocycles. The number of hydrogen-bond donors (Lipinski definition) is 1. The Hall–Kier alpha value is -3.33. The van der Waals surface area contributed by atoms with Crippen LogP contribution in [0.3, 0.4) is 0 Å². The summed E-state index contributed by atoms with van der Waals surface area (Å²) in [5.74, 6) is -0.820. The third-order valence-electron chi connectivity index (χ3n) is 5.88. The smallest absolute Gasteiger partial charge is 0.271 e. The fourth-order valence-electron chi connectivity index (χ4n) is 3.94. The Morgan fingerprint density at radius 3 is 2.55 bits per heavy atom. The fourth-order valence-corrected chi connectivity index (χ4v) is 3.94. The number of aromatic hydroxyl groups is 1. The van der Waals surface area contributed by atoms with E-state index in [1.165, 1.54) is 6.92 Å². The predicted molar refractivity (Wildman–Crippen MR) is 120 cm³/mol. The lowest BCUT2D eigenvalue weighted by Crippen LogP contribution is -2.27. The molecular formula is C25H28N2O4. The van der Waals surface area contributed by atoms with Gasteiger partial charge in [-0.3, -0.25) is 14.2 Å². The zero-order valence-electron chi connectivity index (χ0n) is 18.5. The Kier molecular flexibility index (Phi) is 6.65. The fraction of sp³-hybridized carbons (Fsp3) is 0.400. The van der Waals surface area contributed by atoms with Gasteiger partial charge >= 0.3 is 0 Å². The summed E-state index contributed by atoms with van der Waals surface area (Å²) in [4.78, 5) is 26.2. The maximum Gasteiger partial charge on any atom is 0.271 e. The van der Waals surface area contributed by atoms with Crippen LogP contribution in [-0.2, 0) is 13.0 Å². The number of aryl methyl sites for hydroxylation is 2. The Morgan fingerprint density at radius 1 is 1.16 bits per heavy atom. The van der Waals surface area contributed by atoms with E-state index in [1.807, 2.05) is 24.3 Å². The number of unbranched alkanes of at least 4 members (excludes halogenated alkanes) is 3. The second-order valence-corrected chi connectivity index (χ2v) is 7.90. The number of carbonyl (C=O) groups excluding carboxylic acids is 1. The van der Waals surface area contributed by atoms with E-state index in [1.54, 1.807) is 6.92 Å². The summed E-state index contributed by atoms with van der Waals surface area (Å²) in [6.45, 7) is 7.70. The van der Waals surface area contributed by atoms with E-state index in [4.69, 9.17) is 4.42 Å². The van der Waals surface area contributed by atoms with Gasteiger partial charge in [-0.1, -0.05) is 39.2 Å². The van der Waals surface area contributed by atoms with Gasteiger partial charge in [0.05, 0.1) is 5.56 Å². The first-order valence-electron chi connectivity index (χ1n) is 10.8. The van der Waals surface area contributed by atoms with Crippen LogP contribution in [-0.4, -0.2) is 15.5 Å². The minimum absolute atomic E-state index is 0.0514. The number of aromatic nitrogens is 1. The van der Waals surface area contributed by atoms with E-state index in [9.17, 15) is 20.0 Å². The summed E-state index contributed by atoms with van der Waals surface area (Å²) in [5, 5.41) is 21.3. The number of hydrogen-bond acceptors (Lipinski definition) is 5. The van der Waals surface area contributed by atoms with Crippen LogP contribution in [0, 0.1) is 25.2 Å². The van der Waals surface area contributed by atoms with Crippen molar-refractivity contribution in [2.75, 3.05) is 0 Å². The highest BCUT2D eigenvalue weighted by atomic mass is 16.3. The van der Waals surface area contributed by atoms with Crippen molar-refractivity contribution in [1.29, 1.82) is 5.26 Å². The molecule has 3 rings (SSSR count). The molecule has 0 atom stereocenters. The van der Waals surface area contributed by atoms with Gasteiger partial charge in [-0.15, -0.1) is 0 Å². The van der Waals surface area contributed by atoms with E-state index in [0.717, 1.165) is 41.2 Å². The number of rotatable bonds is 8. The highest BCUT2D eigenvalue weighted by Gasteiger charge is 2.28. The van der Waals surface area contributed by atoms with Crippen molar-refractivity contribution in [2.45, 2.75) is 66.3 Å². The van der Waals surface area contributed by atoms with Gasteiger partial charge < -0.3 is 9.52 Å². The predicted octanol–water partition coefficient (Wildman–Crippen LogP) is 5.16. The van der Waals surface area contributed by atoms with Gasteiger partial charge in [0.1, 0.15) is 17.2 Å². The van der Waals surface area contributed by atoms with E-state index in [0.29, 0.717) is 17.6 Å². The lowest BCUT2D eigenvalue weighted by molar-refractivity contribution is 0.100. The number of nitriles is 1. The molecule has 0 radical (unpaired) electrons. The molecule has 0 spiro atoms. The van der Waals surface area contributed by atoms with E-state index in [2.05, 4.69) is 13.8 Å². The molecule has 0 unspecified atom stereocenters. The van der Waals surface area contributed by atoms with Crippen LogP contribution in [0.1, 0.15) is 77.9 Å². The molecule has 2 heterocycles. The van der Waals surface area contributed by atoms with Crippen LogP contribution in [0.15, 0.2) is 27.4 Å². The third-order valence-corrected chi connectivity index (χ3v) is 5.88. The average Bonchev–Trinajstić information content (AvgIpc) is 3.09. The van der Waals surface area contributed by atoms with Gasteiger partial charge in [-0.25, -0.2) is 0 Å². The summed E-state index contributed by atoms with van der Waals surface area (Å²) >= 11 is 0. The maximum absolute atomic E-state index is 13.5. The SMILES string of the molecule is CCCCCCn1c(O)c(C(=O)c2oc3ccc(CC)cc3c2C)c(C)c(C#N)c1=O. The molecule has 0 fully saturated rings.